The molecule has 1 heterocycles. The van der Waals surface area contributed by atoms with Gasteiger partial charge in [-0.2, -0.15) is 0 Å². The van der Waals surface area contributed by atoms with Crippen LogP contribution in [0.25, 0.3) is 16.9 Å². The van der Waals surface area contributed by atoms with Crippen LogP contribution in [0.4, 0.5) is 0 Å². The summed E-state index contributed by atoms with van der Waals surface area (Å²) >= 11 is 0. The lowest BCUT2D eigenvalue weighted by atomic mass is 10.1. The van der Waals surface area contributed by atoms with Crippen LogP contribution in [0.15, 0.2) is 89.3 Å². The first kappa shape index (κ1) is 18.2. The van der Waals surface area contributed by atoms with Crippen LogP contribution in [-0.2, 0) is 4.84 Å². The van der Waals surface area contributed by atoms with E-state index < -0.39 is 0 Å². The highest BCUT2D eigenvalue weighted by atomic mass is 16.6. The van der Waals surface area contributed by atoms with Crippen LogP contribution in [0.2, 0.25) is 0 Å². The SMILES string of the molecule is C=CCO/N=C(/C)c1c(O)cc(-c2ccccc2)n(-c2ccccc2)c1=O. The zero-order valence-electron chi connectivity index (χ0n) is 15.0. The van der Waals surface area contributed by atoms with Crippen molar-refractivity contribution in [3.05, 3.63) is 95.3 Å². The molecule has 0 amide bonds. The van der Waals surface area contributed by atoms with Crippen molar-refractivity contribution in [3.8, 4) is 22.7 Å². The molecule has 0 aliphatic rings. The predicted molar refractivity (Wildman–Crippen MR) is 107 cm³/mol. The second-order valence-electron chi connectivity index (χ2n) is 5.89. The maximum atomic E-state index is 13.3. The van der Waals surface area contributed by atoms with E-state index in [1.54, 1.807) is 23.6 Å². The van der Waals surface area contributed by atoms with Gasteiger partial charge in [0.25, 0.3) is 5.56 Å². The summed E-state index contributed by atoms with van der Waals surface area (Å²) in [5.74, 6) is -0.144. The highest BCUT2D eigenvalue weighted by Crippen LogP contribution is 2.27. The number of nitrogens with zero attached hydrogens (tertiary/aromatic N) is 2. The van der Waals surface area contributed by atoms with E-state index >= 15 is 0 Å². The molecule has 0 saturated heterocycles. The molecule has 0 unspecified atom stereocenters. The van der Waals surface area contributed by atoms with Gasteiger partial charge in [0.1, 0.15) is 17.9 Å². The molecule has 27 heavy (non-hydrogen) atoms. The minimum absolute atomic E-state index is 0.0996. The molecule has 1 N–H and O–H groups in total. The van der Waals surface area contributed by atoms with Crippen molar-refractivity contribution in [3.63, 3.8) is 0 Å². The van der Waals surface area contributed by atoms with E-state index in [-0.39, 0.29) is 23.5 Å². The molecule has 0 aliphatic heterocycles. The summed E-state index contributed by atoms with van der Waals surface area (Å²) in [4.78, 5) is 18.4. The molecule has 2 aromatic carbocycles. The van der Waals surface area contributed by atoms with E-state index in [1.165, 1.54) is 0 Å². The second-order valence-corrected chi connectivity index (χ2v) is 5.89. The fraction of sp³-hybridized carbons (Fsp3) is 0.0909. The maximum Gasteiger partial charge on any atom is 0.268 e. The topological polar surface area (TPSA) is 63.8 Å². The van der Waals surface area contributed by atoms with E-state index in [0.29, 0.717) is 17.1 Å². The van der Waals surface area contributed by atoms with Crippen molar-refractivity contribution >= 4 is 5.71 Å². The third kappa shape index (κ3) is 3.82. The Morgan fingerprint density at radius 1 is 1.15 bits per heavy atom. The fourth-order valence-electron chi connectivity index (χ4n) is 2.82. The zero-order chi connectivity index (χ0) is 19.2. The first-order chi connectivity index (χ1) is 13.1. The van der Waals surface area contributed by atoms with Crippen molar-refractivity contribution < 1.29 is 9.94 Å². The summed E-state index contributed by atoms with van der Waals surface area (Å²) in [6.07, 6.45) is 1.55. The van der Waals surface area contributed by atoms with Crippen LogP contribution in [0, 0.1) is 0 Å². The summed E-state index contributed by atoms with van der Waals surface area (Å²) in [6, 6.07) is 20.3. The van der Waals surface area contributed by atoms with Crippen LogP contribution in [0.1, 0.15) is 12.5 Å². The first-order valence-electron chi connectivity index (χ1n) is 8.51. The Morgan fingerprint density at radius 3 is 2.41 bits per heavy atom. The number of aromatic nitrogens is 1. The molecule has 3 aromatic rings. The van der Waals surface area contributed by atoms with Gasteiger partial charge >= 0.3 is 0 Å². The average Bonchev–Trinajstić information content (AvgIpc) is 2.69. The minimum Gasteiger partial charge on any atom is -0.507 e. The molecule has 0 saturated carbocycles. The molecular weight excluding hydrogens is 340 g/mol. The molecule has 1 aromatic heterocycles. The third-order valence-corrected chi connectivity index (χ3v) is 4.03. The number of hydrogen-bond donors (Lipinski definition) is 1. The van der Waals surface area contributed by atoms with Gasteiger partial charge in [-0.05, 0) is 24.6 Å². The van der Waals surface area contributed by atoms with Crippen molar-refractivity contribution in [2.24, 2.45) is 5.16 Å². The second kappa shape index (κ2) is 8.19. The number of hydrogen-bond acceptors (Lipinski definition) is 4. The van der Waals surface area contributed by atoms with Crippen LogP contribution >= 0.6 is 0 Å². The molecule has 0 spiro atoms. The minimum atomic E-state index is -0.372. The van der Waals surface area contributed by atoms with Gasteiger partial charge in [0.2, 0.25) is 0 Å². The molecule has 5 nitrogen and oxygen atoms in total. The Bertz CT molecular complexity index is 1020. The number of benzene rings is 2. The maximum absolute atomic E-state index is 13.3. The van der Waals surface area contributed by atoms with Gasteiger partial charge < -0.3 is 9.94 Å². The number of rotatable bonds is 6. The highest BCUT2D eigenvalue weighted by Gasteiger charge is 2.19. The van der Waals surface area contributed by atoms with E-state index in [9.17, 15) is 9.90 Å². The predicted octanol–water partition coefficient (Wildman–Crippen LogP) is 4.14. The molecule has 3 rings (SSSR count). The molecule has 0 fully saturated rings. The summed E-state index contributed by atoms with van der Waals surface area (Å²) < 4.78 is 1.57. The summed E-state index contributed by atoms with van der Waals surface area (Å²) in [5.41, 5.74) is 2.13. The largest absolute Gasteiger partial charge is 0.507 e. The van der Waals surface area contributed by atoms with E-state index in [2.05, 4.69) is 11.7 Å². The highest BCUT2D eigenvalue weighted by molar-refractivity contribution is 6.00. The van der Waals surface area contributed by atoms with Crippen molar-refractivity contribution in [1.29, 1.82) is 0 Å². The number of aromatic hydroxyl groups is 1. The molecule has 136 valence electrons. The van der Waals surface area contributed by atoms with Crippen LogP contribution in [0.5, 0.6) is 5.75 Å². The van der Waals surface area contributed by atoms with Gasteiger partial charge in [0.05, 0.1) is 11.4 Å². The fourth-order valence-corrected chi connectivity index (χ4v) is 2.82. The number of para-hydroxylation sites is 1. The molecule has 0 aliphatic carbocycles. The number of oxime groups is 1. The monoisotopic (exact) mass is 360 g/mol. The van der Waals surface area contributed by atoms with Gasteiger partial charge in [0.15, 0.2) is 0 Å². The standard InChI is InChI=1S/C22H20N2O3/c1-3-14-27-23-16(2)21-20(25)15-19(17-10-6-4-7-11-17)24(22(21)26)18-12-8-5-9-13-18/h3-13,15,25H,1,14H2,2H3/b23-16-. The van der Waals surface area contributed by atoms with Crippen LogP contribution in [0.3, 0.4) is 0 Å². The van der Waals surface area contributed by atoms with Gasteiger partial charge in [-0.15, -0.1) is 0 Å². The zero-order valence-corrected chi connectivity index (χ0v) is 15.0. The smallest absolute Gasteiger partial charge is 0.268 e. The lowest BCUT2D eigenvalue weighted by Crippen LogP contribution is -2.26. The Labute approximate surface area is 157 Å². The third-order valence-electron chi connectivity index (χ3n) is 4.03. The number of pyridine rings is 1. The van der Waals surface area contributed by atoms with E-state index in [4.69, 9.17) is 4.84 Å². The average molecular weight is 360 g/mol. The normalized spacial score (nSPS) is 11.2. The Morgan fingerprint density at radius 2 is 1.78 bits per heavy atom. The Kier molecular flexibility index (Phi) is 5.52. The quantitative estimate of drug-likeness (QED) is 0.311. The van der Waals surface area contributed by atoms with E-state index in [1.807, 2.05) is 60.7 Å². The van der Waals surface area contributed by atoms with Crippen LogP contribution in [-0.4, -0.2) is 22.0 Å². The molecule has 0 atom stereocenters. The van der Waals surface area contributed by atoms with Gasteiger partial charge in [0, 0.05) is 11.8 Å². The Balaban J connectivity index is 2.27. The van der Waals surface area contributed by atoms with Crippen molar-refractivity contribution in [2.45, 2.75) is 6.92 Å². The molecule has 0 bridgehead atoms. The summed E-state index contributed by atoms with van der Waals surface area (Å²) in [6.45, 7) is 5.39. The first-order valence-corrected chi connectivity index (χ1v) is 8.51. The Hall–Kier alpha value is -3.60. The van der Waals surface area contributed by atoms with Crippen LogP contribution < -0.4 is 5.56 Å². The lowest BCUT2D eigenvalue weighted by Gasteiger charge is -2.16. The molecular formula is C22H20N2O3. The summed E-state index contributed by atoms with van der Waals surface area (Å²) in [5, 5.41) is 14.5. The molecule has 5 heteroatoms. The van der Waals surface area contributed by atoms with Gasteiger partial charge in [-0.1, -0.05) is 66.3 Å². The summed E-state index contributed by atoms with van der Waals surface area (Å²) in [7, 11) is 0. The lowest BCUT2D eigenvalue weighted by molar-refractivity contribution is 0.175. The van der Waals surface area contributed by atoms with Crippen molar-refractivity contribution in [2.75, 3.05) is 6.61 Å². The van der Waals surface area contributed by atoms with E-state index in [0.717, 1.165) is 5.56 Å². The van der Waals surface area contributed by atoms with Gasteiger partial charge in [-0.25, -0.2) is 0 Å². The van der Waals surface area contributed by atoms with Gasteiger partial charge in [-0.3, -0.25) is 9.36 Å². The molecule has 0 radical (unpaired) electrons. The van der Waals surface area contributed by atoms with Crippen molar-refractivity contribution in [1.82, 2.24) is 4.57 Å².